The number of fused-ring (bicyclic) bond motifs is 2. The minimum atomic E-state index is 0.667. The molecule has 2 fully saturated rings. The predicted molar refractivity (Wildman–Crippen MR) is 90.6 cm³/mol. The Labute approximate surface area is 130 Å². The molecule has 0 heterocycles. The van der Waals surface area contributed by atoms with Crippen LogP contribution in [0.15, 0.2) is 18.2 Å². The summed E-state index contributed by atoms with van der Waals surface area (Å²) in [6.07, 6.45) is 8.67. The Morgan fingerprint density at radius 1 is 1.19 bits per heavy atom. The van der Waals surface area contributed by atoms with Crippen LogP contribution in [0.1, 0.15) is 55.7 Å². The van der Waals surface area contributed by atoms with E-state index in [1.807, 2.05) is 0 Å². The topological polar surface area (TPSA) is 12.0 Å². The first-order chi connectivity index (χ1) is 10.2. The van der Waals surface area contributed by atoms with Crippen molar-refractivity contribution in [3.8, 4) is 0 Å². The molecule has 0 aromatic heterocycles. The van der Waals surface area contributed by atoms with Crippen LogP contribution in [0.3, 0.4) is 0 Å². The summed E-state index contributed by atoms with van der Waals surface area (Å²) >= 11 is 0. The zero-order chi connectivity index (χ0) is 14.8. The van der Waals surface area contributed by atoms with E-state index in [2.05, 4.69) is 44.3 Å². The highest BCUT2D eigenvalue weighted by Crippen LogP contribution is 2.50. The predicted octanol–water partition coefficient (Wildman–Crippen LogP) is 4.65. The van der Waals surface area contributed by atoms with Crippen molar-refractivity contribution in [3.05, 3.63) is 34.9 Å². The zero-order valence-electron chi connectivity index (χ0n) is 14.0. The molecule has 116 valence electrons. The molecular weight excluding hydrogens is 254 g/mol. The van der Waals surface area contributed by atoms with Gasteiger partial charge in [-0.3, -0.25) is 0 Å². The van der Waals surface area contributed by atoms with E-state index in [1.54, 1.807) is 5.56 Å². The highest BCUT2D eigenvalue weighted by Gasteiger charge is 2.39. The monoisotopic (exact) mass is 285 g/mol. The molecule has 2 bridgehead atoms. The molecule has 21 heavy (non-hydrogen) atoms. The molecule has 3 rings (SSSR count). The van der Waals surface area contributed by atoms with Gasteiger partial charge in [0.25, 0.3) is 0 Å². The SMILES string of the molecule is CCNC(Cc1cc(C)ccc1C)CC1CC2CCC1C2. The summed E-state index contributed by atoms with van der Waals surface area (Å²) < 4.78 is 0. The molecule has 1 N–H and O–H groups in total. The van der Waals surface area contributed by atoms with E-state index in [0.29, 0.717) is 6.04 Å². The Balaban J connectivity index is 1.65. The van der Waals surface area contributed by atoms with Crippen LogP contribution in [0.4, 0.5) is 0 Å². The lowest BCUT2D eigenvalue weighted by molar-refractivity contribution is 0.278. The van der Waals surface area contributed by atoms with E-state index in [-0.39, 0.29) is 0 Å². The average Bonchev–Trinajstić information content (AvgIpc) is 3.05. The Morgan fingerprint density at radius 3 is 2.71 bits per heavy atom. The van der Waals surface area contributed by atoms with Crippen molar-refractivity contribution in [1.82, 2.24) is 5.32 Å². The van der Waals surface area contributed by atoms with E-state index in [4.69, 9.17) is 0 Å². The maximum absolute atomic E-state index is 3.76. The zero-order valence-corrected chi connectivity index (χ0v) is 14.0. The van der Waals surface area contributed by atoms with E-state index < -0.39 is 0 Å². The van der Waals surface area contributed by atoms with Gasteiger partial charge in [-0.25, -0.2) is 0 Å². The summed E-state index contributed by atoms with van der Waals surface area (Å²) in [4.78, 5) is 0. The van der Waals surface area contributed by atoms with Crippen molar-refractivity contribution in [3.63, 3.8) is 0 Å². The van der Waals surface area contributed by atoms with Crippen molar-refractivity contribution in [2.75, 3.05) is 6.54 Å². The van der Waals surface area contributed by atoms with Crippen LogP contribution in [-0.2, 0) is 6.42 Å². The third kappa shape index (κ3) is 3.51. The molecule has 0 radical (unpaired) electrons. The quantitative estimate of drug-likeness (QED) is 0.802. The molecule has 2 aliphatic carbocycles. The molecule has 0 saturated heterocycles. The van der Waals surface area contributed by atoms with Gasteiger partial charge in [0, 0.05) is 6.04 Å². The van der Waals surface area contributed by atoms with Gasteiger partial charge in [0.15, 0.2) is 0 Å². The van der Waals surface area contributed by atoms with Gasteiger partial charge in [-0.05, 0) is 81.4 Å². The molecule has 1 aromatic rings. The molecule has 2 saturated carbocycles. The largest absolute Gasteiger partial charge is 0.314 e. The molecule has 4 unspecified atom stereocenters. The maximum atomic E-state index is 3.76. The van der Waals surface area contributed by atoms with Gasteiger partial charge in [0.2, 0.25) is 0 Å². The van der Waals surface area contributed by atoms with E-state index >= 15 is 0 Å². The number of nitrogens with one attached hydrogen (secondary N) is 1. The molecule has 0 aliphatic heterocycles. The third-order valence-corrected chi connectivity index (χ3v) is 5.94. The molecule has 1 heteroatoms. The van der Waals surface area contributed by atoms with Crippen molar-refractivity contribution in [2.45, 2.75) is 65.3 Å². The van der Waals surface area contributed by atoms with E-state index in [9.17, 15) is 0 Å². The molecule has 0 amide bonds. The normalized spacial score (nSPS) is 29.0. The fourth-order valence-electron chi connectivity index (χ4n) is 4.84. The number of benzene rings is 1. The van der Waals surface area contributed by atoms with Gasteiger partial charge < -0.3 is 5.32 Å². The summed E-state index contributed by atoms with van der Waals surface area (Å²) in [5, 5.41) is 3.76. The number of likely N-dealkylation sites (N-methyl/N-ethyl adjacent to an activating group) is 1. The number of rotatable bonds is 6. The van der Waals surface area contributed by atoms with Crippen LogP contribution in [-0.4, -0.2) is 12.6 Å². The van der Waals surface area contributed by atoms with E-state index in [1.165, 1.54) is 49.7 Å². The van der Waals surface area contributed by atoms with Gasteiger partial charge >= 0.3 is 0 Å². The minimum Gasteiger partial charge on any atom is -0.314 e. The summed E-state index contributed by atoms with van der Waals surface area (Å²) in [6.45, 7) is 7.81. The summed E-state index contributed by atoms with van der Waals surface area (Å²) in [7, 11) is 0. The number of hydrogen-bond donors (Lipinski definition) is 1. The summed E-state index contributed by atoms with van der Waals surface area (Å²) in [5.74, 6) is 3.12. The van der Waals surface area contributed by atoms with Crippen LogP contribution < -0.4 is 5.32 Å². The first-order valence-electron chi connectivity index (χ1n) is 8.95. The lowest BCUT2D eigenvalue weighted by atomic mass is 9.82. The Morgan fingerprint density at radius 2 is 2.05 bits per heavy atom. The van der Waals surface area contributed by atoms with Crippen molar-refractivity contribution in [1.29, 1.82) is 0 Å². The molecular formula is C20H31N. The average molecular weight is 285 g/mol. The number of aryl methyl sites for hydroxylation is 2. The third-order valence-electron chi connectivity index (χ3n) is 5.94. The lowest BCUT2D eigenvalue weighted by Gasteiger charge is -2.28. The smallest absolute Gasteiger partial charge is 0.0110 e. The highest BCUT2D eigenvalue weighted by molar-refractivity contribution is 5.31. The Bertz CT molecular complexity index is 479. The van der Waals surface area contributed by atoms with Crippen LogP contribution in [0.5, 0.6) is 0 Å². The van der Waals surface area contributed by atoms with Crippen molar-refractivity contribution in [2.24, 2.45) is 17.8 Å². The Hall–Kier alpha value is -0.820. The van der Waals surface area contributed by atoms with Crippen molar-refractivity contribution >= 4 is 0 Å². The first kappa shape index (κ1) is 15.1. The van der Waals surface area contributed by atoms with Crippen LogP contribution >= 0.6 is 0 Å². The highest BCUT2D eigenvalue weighted by atomic mass is 14.9. The number of hydrogen-bond acceptors (Lipinski definition) is 1. The lowest BCUT2D eigenvalue weighted by Crippen LogP contribution is -2.34. The second-order valence-corrected chi connectivity index (χ2v) is 7.56. The fourth-order valence-corrected chi connectivity index (χ4v) is 4.84. The molecule has 2 aliphatic rings. The summed E-state index contributed by atoms with van der Waals surface area (Å²) in [6, 6.07) is 7.57. The molecule has 1 aromatic carbocycles. The van der Waals surface area contributed by atoms with Gasteiger partial charge in [0.05, 0.1) is 0 Å². The first-order valence-corrected chi connectivity index (χ1v) is 8.95. The standard InChI is InChI=1S/C20H31N/c1-4-21-20(12-18-9-14(2)5-6-15(18)3)13-19-11-16-7-8-17(19)10-16/h5-6,9,16-17,19-21H,4,7-8,10-13H2,1-3H3. The fraction of sp³-hybridized carbons (Fsp3) is 0.700. The van der Waals surface area contributed by atoms with E-state index in [0.717, 1.165) is 24.3 Å². The van der Waals surface area contributed by atoms with Crippen LogP contribution in [0.2, 0.25) is 0 Å². The van der Waals surface area contributed by atoms with Crippen LogP contribution in [0, 0.1) is 31.6 Å². The Kier molecular flexibility index (Phi) is 4.69. The van der Waals surface area contributed by atoms with Crippen molar-refractivity contribution < 1.29 is 0 Å². The van der Waals surface area contributed by atoms with Gasteiger partial charge in [-0.2, -0.15) is 0 Å². The van der Waals surface area contributed by atoms with Crippen LogP contribution in [0.25, 0.3) is 0 Å². The second kappa shape index (κ2) is 6.52. The maximum Gasteiger partial charge on any atom is 0.0110 e. The van der Waals surface area contributed by atoms with Gasteiger partial charge in [-0.15, -0.1) is 0 Å². The van der Waals surface area contributed by atoms with Gasteiger partial charge in [-0.1, -0.05) is 37.1 Å². The second-order valence-electron chi connectivity index (χ2n) is 7.56. The molecule has 0 spiro atoms. The molecule has 4 atom stereocenters. The minimum absolute atomic E-state index is 0.667. The van der Waals surface area contributed by atoms with Gasteiger partial charge in [0.1, 0.15) is 0 Å². The molecule has 1 nitrogen and oxygen atoms in total. The summed E-state index contributed by atoms with van der Waals surface area (Å²) in [5.41, 5.74) is 4.39.